The van der Waals surface area contributed by atoms with E-state index in [1.807, 2.05) is 0 Å². The molecule has 0 radical (unpaired) electrons. The van der Waals surface area contributed by atoms with E-state index < -0.39 is 10.1 Å². The summed E-state index contributed by atoms with van der Waals surface area (Å²) in [4.78, 5) is -0.161. The van der Waals surface area contributed by atoms with Gasteiger partial charge in [0, 0.05) is 7.11 Å². The minimum Gasteiger partial charge on any atom is -0.491 e. The third-order valence-electron chi connectivity index (χ3n) is 2.05. The van der Waals surface area contributed by atoms with Crippen LogP contribution >= 0.6 is 0 Å². The molecule has 1 N–H and O–H groups in total. The number of methoxy groups -OCH3 is 1. The SMILES string of the molecule is COCCOCCOc1ccc(S(=O)(=O)O)cc1. The molecule has 6 nitrogen and oxygen atoms in total. The predicted octanol–water partition coefficient (Wildman–Crippen LogP) is 0.975. The summed E-state index contributed by atoms with van der Waals surface area (Å²) in [6.07, 6.45) is 0. The van der Waals surface area contributed by atoms with Gasteiger partial charge in [-0.25, -0.2) is 0 Å². The van der Waals surface area contributed by atoms with E-state index in [4.69, 9.17) is 18.8 Å². The van der Waals surface area contributed by atoms with Gasteiger partial charge in [-0.05, 0) is 24.3 Å². The summed E-state index contributed by atoms with van der Waals surface area (Å²) in [6, 6.07) is 5.49. The Kier molecular flexibility index (Phi) is 6.06. The van der Waals surface area contributed by atoms with Crippen molar-refractivity contribution < 1.29 is 27.2 Å². The van der Waals surface area contributed by atoms with Gasteiger partial charge in [-0.3, -0.25) is 4.55 Å². The van der Waals surface area contributed by atoms with Crippen LogP contribution in [-0.2, 0) is 19.6 Å². The molecule has 0 heterocycles. The molecule has 0 bridgehead atoms. The van der Waals surface area contributed by atoms with Gasteiger partial charge in [-0.1, -0.05) is 0 Å². The fraction of sp³-hybridized carbons (Fsp3) is 0.455. The van der Waals surface area contributed by atoms with Crippen LogP contribution in [0.15, 0.2) is 29.2 Å². The van der Waals surface area contributed by atoms with Crippen molar-refractivity contribution >= 4 is 10.1 Å². The standard InChI is InChI=1S/C11H16O6S/c1-15-6-7-16-8-9-17-10-2-4-11(5-3-10)18(12,13)14/h2-5H,6-9H2,1H3,(H,12,13,14). The van der Waals surface area contributed by atoms with Gasteiger partial charge in [0.1, 0.15) is 12.4 Å². The zero-order chi connectivity index (χ0) is 13.4. The van der Waals surface area contributed by atoms with Gasteiger partial charge in [-0.15, -0.1) is 0 Å². The van der Waals surface area contributed by atoms with Crippen LogP contribution < -0.4 is 4.74 Å². The Balaban J connectivity index is 2.32. The van der Waals surface area contributed by atoms with Crippen molar-refractivity contribution in [3.05, 3.63) is 24.3 Å². The van der Waals surface area contributed by atoms with Crippen molar-refractivity contribution in [3.63, 3.8) is 0 Å². The van der Waals surface area contributed by atoms with Gasteiger partial charge in [0.2, 0.25) is 0 Å². The molecule has 0 unspecified atom stereocenters. The molecule has 0 aliphatic heterocycles. The smallest absolute Gasteiger partial charge is 0.294 e. The summed E-state index contributed by atoms with van der Waals surface area (Å²) in [5.74, 6) is 0.512. The largest absolute Gasteiger partial charge is 0.491 e. The fourth-order valence-corrected chi connectivity index (χ4v) is 1.65. The molecular formula is C11H16O6S. The summed E-state index contributed by atoms with van der Waals surface area (Å²) >= 11 is 0. The van der Waals surface area contributed by atoms with Gasteiger partial charge in [-0.2, -0.15) is 8.42 Å². The van der Waals surface area contributed by atoms with E-state index in [-0.39, 0.29) is 4.90 Å². The second-order valence-electron chi connectivity index (χ2n) is 3.40. The van der Waals surface area contributed by atoms with Crippen LogP contribution in [-0.4, -0.2) is 46.5 Å². The predicted molar refractivity (Wildman–Crippen MR) is 64.4 cm³/mol. The lowest BCUT2D eigenvalue weighted by molar-refractivity contribution is 0.0544. The molecule has 102 valence electrons. The normalized spacial score (nSPS) is 11.4. The minimum absolute atomic E-state index is 0.161. The maximum absolute atomic E-state index is 10.8. The fourth-order valence-electron chi connectivity index (χ4n) is 1.17. The zero-order valence-corrected chi connectivity index (χ0v) is 10.9. The highest BCUT2D eigenvalue weighted by Gasteiger charge is 2.08. The maximum atomic E-state index is 10.8. The first-order chi connectivity index (χ1) is 8.54. The number of hydrogen-bond donors (Lipinski definition) is 1. The van der Waals surface area contributed by atoms with E-state index in [0.717, 1.165) is 0 Å². The lowest BCUT2D eigenvalue weighted by Crippen LogP contribution is -2.10. The molecule has 0 fully saturated rings. The van der Waals surface area contributed by atoms with Crippen LogP contribution in [0.3, 0.4) is 0 Å². The molecule has 1 aromatic rings. The molecule has 0 spiro atoms. The van der Waals surface area contributed by atoms with Gasteiger partial charge in [0.15, 0.2) is 0 Å². The summed E-state index contributed by atoms with van der Waals surface area (Å²) in [5.41, 5.74) is 0. The molecule has 0 atom stereocenters. The zero-order valence-electron chi connectivity index (χ0n) is 10.0. The van der Waals surface area contributed by atoms with Crippen molar-refractivity contribution in [2.24, 2.45) is 0 Å². The number of rotatable bonds is 8. The molecular weight excluding hydrogens is 260 g/mol. The van der Waals surface area contributed by atoms with E-state index in [0.29, 0.717) is 32.2 Å². The first-order valence-electron chi connectivity index (χ1n) is 5.31. The maximum Gasteiger partial charge on any atom is 0.294 e. The Labute approximate surface area is 106 Å². The highest BCUT2D eigenvalue weighted by molar-refractivity contribution is 7.85. The van der Waals surface area contributed by atoms with E-state index in [1.165, 1.54) is 24.3 Å². The van der Waals surface area contributed by atoms with Crippen molar-refractivity contribution in [3.8, 4) is 5.75 Å². The van der Waals surface area contributed by atoms with E-state index in [1.54, 1.807) is 7.11 Å². The molecule has 18 heavy (non-hydrogen) atoms. The molecule has 1 aromatic carbocycles. The third kappa shape index (κ3) is 5.46. The van der Waals surface area contributed by atoms with Crippen molar-refractivity contribution in [2.75, 3.05) is 33.5 Å². The Morgan fingerprint density at radius 2 is 1.67 bits per heavy atom. The Morgan fingerprint density at radius 1 is 1.06 bits per heavy atom. The van der Waals surface area contributed by atoms with Gasteiger partial charge < -0.3 is 14.2 Å². The molecule has 0 aromatic heterocycles. The van der Waals surface area contributed by atoms with E-state index in [2.05, 4.69) is 0 Å². The molecule has 1 rings (SSSR count). The van der Waals surface area contributed by atoms with Crippen molar-refractivity contribution in [1.82, 2.24) is 0 Å². The summed E-state index contributed by atoms with van der Waals surface area (Å²) in [7, 11) is -2.56. The Hall–Kier alpha value is -1.15. The number of benzene rings is 1. The van der Waals surface area contributed by atoms with E-state index >= 15 is 0 Å². The molecule has 0 amide bonds. The Morgan fingerprint density at radius 3 is 2.22 bits per heavy atom. The van der Waals surface area contributed by atoms with Crippen LogP contribution in [0.2, 0.25) is 0 Å². The molecule has 0 aliphatic carbocycles. The van der Waals surface area contributed by atoms with E-state index in [9.17, 15) is 8.42 Å². The molecule has 0 saturated heterocycles. The first kappa shape index (κ1) is 14.9. The van der Waals surface area contributed by atoms with Crippen molar-refractivity contribution in [1.29, 1.82) is 0 Å². The number of hydrogen-bond acceptors (Lipinski definition) is 5. The quantitative estimate of drug-likeness (QED) is 0.563. The second kappa shape index (κ2) is 7.32. The summed E-state index contributed by atoms with van der Waals surface area (Å²) in [6.45, 7) is 1.81. The van der Waals surface area contributed by atoms with Crippen LogP contribution in [0, 0.1) is 0 Å². The molecule has 7 heteroatoms. The highest BCUT2D eigenvalue weighted by atomic mass is 32.2. The second-order valence-corrected chi connectivity index (χ2v) is 4.82. The van der Waals surface area contributed by atoms with Crippen LogP contribution in [0.4, 0.5) is 0 Å². The average Bonchev–Trinajstić information content (AvgIpc) is 2.33. The van der Waals surface area contributed by atoms with Gasteiger partial charge in [0.25, 0.3) is 10.1 Å². The monoisotopic (exact) mass is 276 g/mol. The molecule has 0 saturated carbocycles. The third-order valence-corrected chi connectivity index (χ3v) is 2.92. The first-order valence-corrected chi connectivity index (χ1v) is 6.75. The van der Waals surface area contributed by atoms with Crippen LogP contribution in [0.5, 0.6) is 5.75 Å². The summed E-state index contributed by atoms with van der Waals surface area (Å²) < 4.78 is 45.7. The molecule has 0 aliphatic rings. The van der Waals surface area contributed by atoms with Crippen molar-refractivity contribution in [2.45, 2.75) is 4.90 Å². The lowest BCUT2D eigenvalue weighted by atomic mass is 10.3. The summed E-state index contributed by atoms with van der Waals surface area (Å²) in [5, 5.41) is 0. The Bertz CT molecular complexity index is 439. The minimum atomic E-state index is -4.15. The average molecular weight is 276 g/mol. The van der Waals surface area contributed by atoms with Crippen LogP contribution in [0.25, 0.3) is 0 Å². The lowest BCUT2D eigenvalue weighted by Gasteiger charge is -2.07. The van der Waals surface area contributed by atoms with Crippen LogP contribution in [0.1, 0.15) is 0 Å². The van der Waals surface area contributed by atoms with Gasteiger partial charge >= 0.3 is 0 Å². The number of ether oxygens (including phenoxy) is 3. The van der Waals surface area contributed by atoms with Gasteiger partial charge in [0.05, 0.1) is 24.7 Å². The highest BCUT2D eigenvalue weighted by Crippen LogP contribution is 2.15. The topological polar surface area (TPSA) is 82.1 Å².